The lowest BCUT2D eigenvalue weighted by Crippen LogP contribution is -2.13. The van der Waals surface area contributed by atoms with Gasteiger partial charge < -0.3 is 9.84 Å². The van der Waals surface area contributed by atoms with E-state index in [4.69, 9.17) is 16.7 Å². The molecule has 2 aromatic heterocycles. The minimum Gasteiger partial charge on any atom is -0.481 e. The molecule has 0 saturated heterocycles. The zero-order chi connectivity index (χ0) is 14.7. The average Bonchev–Trinajstić information content (AvgIpc) is 2.73. The highest BCUT2D eigenvalue weighted by molar-refractivity contribution is 7.99. The van der Waals surface area contributed by atoms with E-state index in [0.29, 0.717) is 21.3 Å². The van der Waals surface area contributed by atoms with Crippen molar-refractivity contribution in [3.8, 4) is 0 Å². The van der Waals surface area contributed by atoms with E-state index in [0.717, 1.165) is 11.8 Å². The summed E-state index contributed by atoms with van der Waals surface area (Å²) in [7, 11) is 1.27. The number of rotatable bonds is 5. The Labute approximate surface area is 122 Å². The Kier molecular flexibility index (Phi) is 4.46. The Morgan fingerprint density at radius 1 is 1.55 bits per heavy atom. The molecule has 0 spiro atoms. The van der Waals surface area contributed by atoms with Crippen LogP contribution in [-0.2, 0) is 20.9 Å². The number of ether oxygens (including phenoxy) is 1. The summed E-state index contributed by atoms with van der Waals surface area (Å²) >= 11 is 6.84. The van der Waals surface area contributed by atoms with Gasteiger partial charge in [-0.15, -0.1) is 0 Å². The van der Waals surface area contributed by atoms with Crippen LogP contribution < -0.4 is 0 Å². The van der Waals surface area contributed by atoms with Gasteiger partial charge in [-0.2, -0.15) is 0 Å². The Hall–Kier alpha value is -1.80. The molecule has 7 nitrogen and oxygen atoms in total. The van der Waals surface area contributed by atoms with Crippen LogP contribution >= 0.6 is 23.4 Å². The van der Waals surface area contributed by atoms with Crippen LogP contribution in [0.1, 0.15) is 0 Å². The second-order valence-corrected chi connectivity index (χ2v) is 5.11. The molecule has 2 aromatic rings. The molecule has 0 radical (unpaired) electrons. The van der Waals surface area contributed by atoms with Gasteiger partial charge in [0, 0.05) is 6.20 Å². The van der Waals surface area contributed by atoms with Crippen LogP contribution in [0.5, 0.6) is 0 Å². The highest BCUT2D eigenvalue weighted by atomic mass is 35.5. The molecule has 0 atom stereocenters. The number of carboxylic acid groups (broad SMARTS) is 1. The van der Waals surface area contributed by atoms with Crippen LogP contribution in [-0.4, -0.2) is 44.4 Å². The van der Waals surface area contributed by atoms with Crippen LogP contribution in [0.2, 0.25) is 5.02 Å². The lowest BCUT2D eigenvalue weighted by molar-refractivity contribution is -0.141. The normalized spacial score (nSPS) is 10.7. The van der Waals surface area contributed by atoms with Gasteiger partial charge in [0.2, 0.25) is 0 Å². The Morgan fingerprint density at radius 3 is 2.95 bits per heavy atom. The summed E-state index contributed by atoms with van der Waals surface area (Å²) in [6, 6.07) is 1.60. The number of pyridine rings is 1. The third-order valence-corrected chi connectivity index (χ3v) is 3.52. The molecule has 0 aromatic carbocycles. The minimum atomic E-state index is -0.974. The predicted octanol–water partition coefficient (Wildman–Crippen LogP) is 1.43. The van der Waals surface area contributed by atoms with Crippen molar-refractivity contribution in [3.05, 3.63) is 17.3 Å². The first-order chi connectivity index (χ1) is 9.51. The van der Waals surface area contributed by atoms with Crippen LogP contribution in [0.15, 0.2) is 17.4 Å². The summed E-state index contributed by atoms with van der Waals surface area (Å²) in [4.78, 5) is 30.4. The second kappa shape index (κ2) is 6.10. The molecule has 0 aliphatic heterocycles. The van der Waals surface area contributed by atoms with E-state index < -0.39 is 11.9 Å². The fourth-order valence-corrected chi connectivity index (χ4v) is 2.41. The number of halogens is 1. The van der Waals surface area contributed by atoms with Gasteiger partial charge in [-0.1, -0.05) is 23.4 Å². The van der Waals surface area contributed by atoms with Gasteiger partial charge in [0.25, 0.3) is 0 Å². The Morgan fingerprint density at radius 2 is 2.30 bits per heavy atom. The van der Waals surface area contributed by atoms with Gasteiger partial charge in [-0.3, -0.25) is 14.2 Å². The van der Waals surface area contributed by atoms with Gasteiger partial charge in [-0.25, -0.2) is 9.97 Å². The van der Waals surface area contributed by atoms with Crippen LogP contribution in [0.3, 0.4) is 0 Å². The molecule has 2 rings (SSSR count). The maximum atomic E-state index is 11.4. The number of methoxy groups -OCH3 is 1. The summed E-state index contributed by atoms with van der Waals surface area (Å²) in [6.07, 6.45) is 1.44. The zero-order valence-corrected chi connectivity index (χ0v) is 11.9. The van der Waals surface area contributed by atoms with Crippen LogP contribution in [0.25, 0.3) is 11.2 Å². The highest BCUT2D eigenvalue weighted by Crippen LogP contribution is 2.24. The molecular formula is C11H10ClN3O4S. The first kappa shape index (κ1) is 14.6. The molecule has 20 heavy (non-hydrogen) atoms. The fourth-order valence-electron chi connectivity index (χ4n) is 1.54. The quantitative estimate of drug-likeness (QED) is 0.659. The van der Waals surface area contributed by atoms with Gasteiger partial charge in [0.05, 0.1) is 17.9 Å². The van der Waals surface area contributed by atoms with E-state index >= 15 is 0 Å². The number of carboxylic acids is 1. The number of thioether (sulfide) groups is 1. The first-order valence-corrected chi connectivity index (χ1v) is 6.81. The lowest BCUT2D eigenvalue weighted by atomic mass is 10.4. The number of aliphatic carboxylic acids is 1. The van der Waals surface area contributed by atoms with Gasteiger partial charge in [0.1, 0.15) is 12.1 Å². The number of carbonyl (C=O) groups excluding carboxylic acids is 1. The van der Waals surface area contributed by atoms with E-state index in [-0.39, 0.29) is 12.3 Å². The maximum absolute atomic E-state index is 11.4. The molecule has 0 saturated carbocycles. The van der Waals surface area contributed by atoms with E-state index in [1.54, 1.807) is 6.07 Å². The van der Waals surface area contributed by atoms with Crippen molar-refractivity contribution >= 4 is 46.5 Å². The standard InChI is InChI=1S/C11H10ClN3O4S/c1-19-9(18)4-15-10-7(2-6(12)3-13-10)14-11(15)20-5-8(16)17/h2-3H,4-5H2,1H3,(H,16,17). The Balaban J connectivity index is 2.44. The number of hydrogen-bond acceptors (Lipinski definition) is 6. The lowest BCUT2D eigenvalue weighted by Gasteiger charge is -2.05. The molecule has 0 bridgehead atoms. The molecule has 1 N–H and O–H groups in total. The molecule has 0 amide bonds. The number of aromatic nitrogens is 3. The van der Waals surface area contributed by atoms with Gasteiger partial charge >= 0.3 is 11.9 Å². The van der Waals surface area contributed by atoms with Crippen molar-refractivity contribution in [2.45, 2.75) is 11.7 Å². The number of fused-ring (bicyclic) bond motifs is 1. The van der Waals surface area contributed by atoms with Crippen molar-refractivity contribution in [1.82, 2.24) is 14.5 Å². The van der Waals surface area contributed by atoms with Gasteiger partial charge in [0.15, 0.2) is 10.8 Å². The first-order valence-electron chi connectivity index (χ1n) is 5.44. The van der Waals surface area contributed by atoms with Crippen LogP contribution in [0.4, 0.5) is 0 Å². The fraction of sp³-hybridized carbons (Fsp3) is 0.273. The summed E-state index contributed by atoms with van der Waals surface area (Å²) in [5, 5.41) is 9.52. The Bertz CT molecular complexity index is 673. The molecule has 0 aliphatic rings. The van der Waals surface area contributed by atoms with Gasteiger partial charge in [-0.05, 0) is 6.07 Å². The molecule has 9 heteroatoms. The molecule has 0 aliphatic carbocycles. The maximum Gasteiger partial charge on any atom is 0.325 e. The van der Waals surface area contributed by atoms with E-state index in [9.17, 15) is 9.59 Å². The zero-order valence-electron chi connectivity index (χ0n) is 10.4. The van der Waals surface area contributed by atoms with Crippen molar-refractivity contribution in [2.24, 2.45) is 0 Å². The van der Waals surface area contributed by atoms with E-state index in [2.05, 4.69) is 14.7 Å². The largest absolute Gasteiger partial charge is 0.481 e. The number of carbonyl (C=O) groups is 2. The van der Waals surface area contributed by atoms with E-state index in [1.165, 1.54) is 17.9 Å². The number of hydrogen-bond donors (Lipinski definition) is 1. The monoisotopic (exact) mass is 315 g/mol. The predicted molar refractivity (Wildman–Crippen MR) is 72.9 cm³/mol. The SMILES string of the molecule is COC(=O)Cn1c(SCC(=O)O)nc2cc(Cl)cnc21. The smallest absolute Gasteiger partial charge is 0.325 e. The molecule has 2 heterocycles. The summed E-state index contributed by atoms with van der Waals surface area (Å²) < 4.78 is 6.11. The van der Waals surface area contributed by atoms with Crippen LogP contribution in [0, 0.1) is 0 Å². The van der Waals surface area contributed by atoms with Crippen molar-refractivity contribution < 1.29 is 19.4 Å². The minimum absolute atomic E-state index is 0.0937. The number of esters is 1. The molecule has 0 unspecified atom stereocenters. The van der Waals surface area contributed by atoms with E-state index in [1.807, 2.05) is 0 Å². The molecular weight excluding hydrogens is 306 g/mol. The topological polar surface area (TPSA) is 94.3 Å². The number of nitrogens with zero attached hydrogens (tertiary/aromatic N) is 3. The number of imidazole rings is 1. The summed E-state index contributed by atoms with van der Waals surface area (Å²) in [6.45, 7) is -0.0937. The molecule has 0 fully saturated rings. The average molecular weight is 316 g/mol. The van der Waals surface area contributed by atoms with Crippen molar-refractivity contribution in [3.63, 3.8) is 0 Å². The summed E-state index contributed by atoms with van der Waals surface area (Å²) in [5.41, 5.74) is 0.946. The third kappa shape index (κ3) is 3.20. The van der Waals surface area contributed by atoms with Crippen molar-refractivity contribution in [2.75, 3.05) is 12.9 Å². The van der Waals surface area contributed by atoms with Crippen molar-refractivity contribution in [1.29, 1.82) is 0 Å². The molecule has 106 valence electrons. The summed E-state index contributed by atoms with van der Waals surface area (Å²) in [5.74, 6) is -1.62. The second-order valence-electron chi connectivity index (χ2n) is 3.74. The highest BCUT2D eigenvalue weighted by Gasteiger charge is 2.16. The third-order valence-electron chi connectivity index (χ3n) is 2.36.